The molecule has 0 radical (unpaired) electrons. The molecule has 0 saturated heterocycles. The van der Waals surface area contributed by atoms with Gasteiger partial charge in [-0.1, -0.05) is 60.3 Å². The van der Waals surface area contributed by atoms with Crippen LogP contribution in [0.5, 0.6) is 0 Å². The first-order chi connectivity index (χ1) is 16.3. The van der Waals surface area contributed by atoms with Gasteiger partial charge in [0.2, 0.25) is 5.91 Å². The third-order valence-corrected chi connectivity index (χ3v) is 6.44. The van der Waals surface area contributed by atoms with Crippen LogP contribution in [0.15, 0.2) is 84.3 Å². The lowest BCUT2D eigenvalue weighted by Crippen LogP contribution is -2.45. The normalized spacial score (nSPS) is 11.4. The maximum atomic E-state index is 13.4. The van der Waals surface area contributed by atoms with Crippen molar-refractivity contribution in [2.75, 3.05) is 5.75 Å². The third kappa shape index (κ3) is 5.37. The van der Waals surface area contributed by atoms with Crippen LogP contribution < -0.4 is 0 Å². The fourth-order valence-electron chi connectivity index (χ4n) is 3.75. The zero-order valence-corrected chi connectivity index (χ0v) is 20.8. The Bertz CT molecular complexity index is 1250. The Morgan fingerprint density at radius 1 is 0.971 bits per heavy atom. The van der Waals surface area contributed by atoms with E-state index in [-0.39, 0.29) is 17.2 Å². The summed E-state index contributed by atoms with van der Waals surface area (Å²) in [5, 5.41) is 9.61. The zero-order valence-electron chi connectivity index (χ0n) is 20.0. The summed E-state index contributed by atoms with van der Waals surface area (Å²) in [6, 6.07) is 22.0. The molecule has 0 fully saturated rings. The minimum Gasteiger partial charge on any atom is -0.333 e. The van der Waals surface area contributed by atoms with Crippen LogP contribution >= 0.6 is 11.8 Å². The van der Waals surface area contributed by atoms with Gasteiger partial charge >= 0.3 is 0 Å². The summed E-state index contributed by atoms with van der Waals surface area (Å²) in [6.07, 6.45) is 3.51. The van der Waals surface area contributed by atoms with Crippen LogP contribution in [0.3, 0.4) is 0 Å². The molecular formula is C27H29N5OS. The highest BCUT2D eigenvalue weighted by Crippen LogP contribution is 2.30. The second-order valence-electron chi connectivity index (χ2n) is 9.09. The Balaban J connectivity index is 1.63. The van der Waals surface area contributed by atoms with Crippen LogP contribution in [-0.2, 0) is 11.3 Å². The van der Waals surface area contributed by atoms with Gasteiger partial charge in [0.05, 0.1) is 11.4 Å². The molecule has 1 amide bonds. The molecule has 0 bridgehead atoms. The Morgan fingerprint density at radius 2 is 1.71 bits per heavy atom. The molecule has 6 nitrogen and oxygen atoms in total. The molecule has 0 aliphatic carbocycles. The van der Waals surface area contributed by atoms with Gasteiger partial charge in [-0.15, -0.1) is 10.2 Å². The van der Waals surface area contributed by atoms with Gasteiger partial charge in [0, 0.05) is 30.0 Å². The summed E-state index contributed by atoms with van der Waals surface area (Å²) in [7, 11) is 0. The number of pyridine rings is 1. The number of hydrogen-bond donors (Lipinski definition) is 0. The predicted octanol–water partition coefficient (Wildman–Crippen LogP) is 5.56. The molecule has 7 heteroatoms. The minimum absolute atomic E-state index is 0.0589. The van der Waals surface area contributed by atoms with Gasteiger partial charge in [0.25, 0.3) is 0 Å². The first kappa shape index (κ1) is 23.7. The van der Waals surface area contributed by atoms with Crippen molar-refractivity contribution in [2.24, 2.45) is 0 Å². The van der Waals surface area contributed by atoms with Crippen LogP contribution in [-0.4, -0.2) is 41.8 Å². The second-order valence-corrected chi connectivity index (χ2v) is 10.0. The lowest BCUT2D eigenvalue weighted by Gasteiger charge is -2.36. The smallest absolute Gasteiger partial charge is 0.233 e. The molecule has 2 heterocycles. The number of aromatic nitrogens is 4. The largest absolute Gasteiger partial charge is 0.333 e. The maximum absolute atomic E-state index is 13.4. The van der Waals surface area contributed by atoms with Gasteiger partial charge in [0.15, 0.2) is 11.0 Å². The minimum atomic E-state index is -0.307. The average molecular weight is 472 g/mol. The molecule has 174 valence electrons. The van der Waals surface area contributed by atoms with Crippen molar-refractivity contribution in [3.05, 3.63) is 90.3 Å². The van der Waals surface area contributed by atoms with Crippen LogP contribution in [0.1, 0.15) is 31.9 Å². The van der Waals surface area contributed by atoms with E-state index in [4.69, 9.17) is 0 Å². The molecule has 4 rings (SSSR count). The number of thioether (sulfide) groups is 1. The van der Waals surface area contributed by atoms with Crippen molar-refractivity contribution in [1.82, 2.24) is 24.6 Å². The quantitative estimate of drug-likeness (QED) is 0.330. The summed E-state index contributed by atoms with van der Waals surface area (Å²) < 4.78 is 2.02. The predicted molar refractivity (Wildman–Crippen MR) is 137 cm³/mol. The standard InChI is InChI=1S/C27H29N5OS/c1-20-11-8-9-15-23(20)32-25(22-14-10-16-28-17-22)29-30-26(32)34-19-24(33)31(27(2,3)4)18-21-12-6-5-7-13-21/h5-17H,18-19H2,1-4H3. The van der Waals surface area contributed by atoms with Gasteiger partial charge in [-0.05, 0) is 57.0 Å². The average Bonchev–Trinajstić information content (AvgIpc) is 3.25. The fourth-order valence-corrected chi connectivity index (χ4v) is 4.57. The van der Waals surface area contributed by atoms with E-state index in [1.54, 1.807) is 12.4 Å². The van der Waals surface area contributed by atoms with E-state index < -0.39 is 0 Å². The van der Waals surface area contributed by atoms with Crippen molar-refractivity contribution in [1.29, 1.82) is 0 Å². The van der Waals surface area contributed by atoms with Crippen molar-refractivity contribution in [3.63, 3.8) is 0 Å². The van der Waals surface area contributed by atoms with Crippen molar-refractivity contribution in [2.45, 2.75) is 44.9 Å². The molecule has 0 atom stereocenters. The monoisotopic (exact) mass is 471 g/mol. The van der Waals surface area contributed by atoms with Crippen molar-refractivity contribution >= 4 is 17.7 Å². The number of rotatable bonds is 7. The number of carbonyl (C=O) groups excluding carboxylic acids is 1. The molecule has 34 heavy (non-hydrogen) atoms. The van der Waals surface area contributed by atoms with Crippen LogP contribution in [0.25, 0.3) is 17.1 Å². The third-order valence-electron chi connectivity index (χ3n) is 5.53. The van der Waals surface area contributed by atoms with Gasteiger partial charge < -0.3 is 4.90 Å². The molecule has 4 aromatic rings. The molecule has 0 aliphatic heterocycles. The SMILES string of the molecule is Cc1ccccc1-n1c(SCC(=O)N(Cc2ccccc2)C(C)(C)C)nnc1-c1cccnc1. The topological polar surface area (TPSA) is 63.9 Å². The van der Waals surface area contributed by atoms with Crippen LogP contribution in [0.2, 0.25) is 0 Å². The maximum Gasteiger partial charge on any atom is 0.233 e. The first-order valence-corrected chi connectivity index (χ1v) is 12.2. The lowest BCUT2D eigenvalue weighted by molar-refractivity contribution is -0.133. The first-order valence-electron chi connectivity index (χ1n) is 11.2. The van der Waals surface area contributed by atoms with Crippen LogP contribution in [0.4, 0.5) is 0 Å². The van der Waals surface area contributed by atoms with E-state index in [0.717, 1.165) is 22.4 Å². The van der Waals surface area contributed by atoms with Gasteiger partial charge in [-0.3, -0.25) is 14.3 Å². The van der Waals surface area contributed by atoms with E-state index in [2.05, 4.69) is 48.9 Å². The Kier molecular flexibility index (Phi) is 7.12. The summed E-state index contributed by atoms with van der Waals surface area (Å²) in [6.45, 7) is 8.82. The number of benzene rings is 2. The van der Waals surface area contributed by atoms with Gasteiger partial charge in [0.1, 0.15) is 0 Å². The molecule has 0 unspecified atom stereocenters. The van der Waals surface area contributed by atoms with E-state index in [1.165, 1.54) is 11.8 Å². The summed E-state index contributed by atoms with van der Waals surface area (Å²) in [5.74, 6) is 1.03. The molecule has 0 spiro atoms. The van der Waals surface area contributed by atoms with Crippen LogP contribution in [0, 0.1) is 6.92 Å². The van der Waals surface area contributed by atoms with E-state index in [0.29, 0.717) is 17.5 Å². The number of nitrogens with zero attached hydrogens (tertiary/aromatic N) is 5. The van der Waals surface area contributed by atoms with Gasteiger partial charge in [-0.25, -0.2) is 0 Å². The molecule has 2 aromatic heterocycles. The summed E-state index contributed by atoms with van der Waals surface area (Å²) >= 11 is 1.41. The number of carbonyl (C=O) groups is 1. The van der Waals surface area contributed by atoms with Gasteiger partial charge in [-0.2, -0.15) is 0 Å². The number of aryl methyl sites for hydroxylation is 1. The number of hydrogen-bond acceptors (Lipinski definition) is 5. The molecule has 0 saturated carbocycles. The Morgan fingerprint density at radius 3 is 2.38 bits per heavy atom. The molecule has 0 N–H and O–H groups in total. The Hall–Kier alpha value is -3.45. The Labute approximate surface area is 205 Å². The lowest BCUT2D eigenvalue weighted by atomic mass is 10.0. The fraction of sp³-hybridized carbons (Fsp3) is 0.259. The van der Waals surface area contributed by atoms with Crippen molar-refractivity contribution in [3.8, 4) is 17.1 Å². The molecular weight excluding hydrogens is 442 g/mol. The van der Waals surface area contributed by atoms with E-state index in [1.807, 2.05) is 70.1 Å². The highest BCUT2D eigenvalue weighted by atomic mass is 32.2. The van der Waals surface area contributed by atoms with Crippen molar-refractivity contribution < 1.29 is 4.79 Å². The number of amides is 1. The van der Waals surface area contributed by atoms with E-state index >= 15 is 0 Å². The highest BCUT2D eigenvalue weighted by Gasteiger charge is 2.27. The highest BCUT2D eigenvalue weighted by molar-refractivity contribution is 7.99. The molecule has 0 aliphatic rings. The zero-order chi connectivity index (χ0) is 24.1. The molecule has 2 aromatic carbocycles. The second kappa shape index (κ2) is 10.2. The number of para-hydroxylation sites is 1. The van der Waals surface area contributed by atoms with E-state index in [9.17, 15) is 4.79 Å². The summed E-state index contributed by atoms with van der Waals surface area (Å²) in [4.78, 5) is 19.6. The summed E-state index contributed by atoms with van der Waals surface area (Å²) in [5.41, 5.74) is 3.76.